The summed E-state index contributed by atoms with van der Waals surface area (Å²) in [4.78, 5) is 15.6. The lowest BCUT2D eigenvalue weighted by Gasteiger charge is -1.98. The molecule has 2 heterocycles. The maximum atomic E-state index is 11.2. The Morgan fingerprint density at radius 1 is 1.59 bits per heavy atom. The number of hydrogen-bond donors (Lipinski definition) is 0. The number of nitrogens with zero attached hydrogens (tertiary/aromatic N) is 1. The molecule has 0 fully saturated rings. The van der Waals surface area contributed by atoms with Crippen molar-refractivity contribution in [1.82, 2.24) is 4.98 Å². The number of rotatable bonds is 5. The molecule has 0 atom stereocenters. The van der Waals surface area contributed by atoms with Gasteiger partial charge in [0.25, 0.3) is 0 Å². The molecule has 0 N–H and O–H groups in total. The topological polar surface area (TPSA) is 52.3 Å². The molecule has 90 valence electrons. The summed E-state index contributed by atoms with van der Waals surface area (Å²) in [5.74, 6) is 0.581. The van der Waals surface area contributed by atoms with E-state index in [2.05, 4.69) is 4.98 Å². The fourth-order valence-corrected chi connectivity index (χ4v) is 2.22. The molecular formula is C12H13NO3S. The summed E-state index contributed by atoms with van der Waals surface area (Å²) < 4.78 is 10.1. The Morgan fingerprint density at radius 2 is 2.47 bits per heavy atom. The van der Waals surface area contributed by atoms with Gasteiger partial charge in [-0.15, -0.1) is 11.3 Å². The third kappa shape index (κ3) is 3.17. The van der Waals surface area contributed by atoms with Gasteiger partial charge < -0.3 is 9.15 Å². The minimum Gasteiger partial charge on any atom is -0.466 e. The van der Waals surface area contributed by atoms with E-state index >= 15 is 0 Å². The molecule has 0 aliphatic heterocycles. The molecule has 0 bridgehead atoms. The lowest BCUT2D eigenvalue weighted by molar-refractivity contribution is -0.143. The van der Waals surface area contributed by atoms with Crippen molar-refractivity contribution < 1.29 is 13.9 Å². The molecule has 0 saturated carbocycles. The van der Waals surface area contributed by atoms with Crippen molar-refractivity contribution >= 4 is 17.3 Å². The van der Waals surface area contributed by atoms with E-state index in [0.29, 0.717) is 19.4 Å². The van der Waals surface area contributed by atoms with Gasteiger partial charge in [0.1, 0.15) is 0 Å². The first-order chi connectivity index (χ1) is 8.29. The van der Waals surface area contributed by atoms with E-state index in [1.807, 2.05) is 17.5 Å². The van der Waals surface area contributed by atoms with E-state index in [4.69, 9.17) is 9.15 Å². The van der Waals surface area contributed by atoms with Crippen molar-refractivity contribution in [3.63, 3.8) is 0 Å². The summed E-state index contributed by atoms with van der Waals surface area (Å²) in [6.45, 7) is 2.23. The third-order valence-electron chi connectivity index (χ3n) is 2.17. The first kappa shape index (κ1) is 11.9. The monoisotopic (exact) mass is 251 g/mol. The molecule has 2 aromatic heterocycles. The maximum absolute atomic E-state index is 11.2. The van der Waals surface area contributed by atoms with Crippen LogP contribution in [-0.4, -0.2) is 17.6 Å². The Balaban J connectivity index is 1.93. The van der Waals surface area contributed by atoms with Gasteiger partial charge in [-0.05, 0) is 19.1 Å². The Hall–Kier alpha value is -1.62. The number of esters is 1. The summed E-state index contributed by atoms with van der Waals surface area (Å²) >= 11 is 1.52. The van der Waals surface area contributed by atoms with Crippen LogP contribution in [0.4, 0.5) is 0 Å². The van der Waals surface area contributed by atoms with Gasteiger partial charge in [-0.3, -0.25) is 4.79 Å². The minimum absolute atomic E-state index is 0.181. The Bertz CT molecular complexity index is 476. The summed E-state index contributed by atoms with van der Waals surface area (Å²) in [7, 11) is 0. The molecule has 0 aliphatic rings. The van der Waals surface area contributed by atoms with E-state index in [-0.39, 0.29) is 5.97 Å². The Kier molecular flexibility index (Phi) is 3.93. The van der Waals surface area contributed by atoms with Crippen LogP contribution in [0.3, 0.4) is 0 Å². The third-order valence-corrected chi connectivity index (χ3v) is 3.08. The second kappa shape index (κ2) is 5.63. The van der Waals surface area contributed by atoms with Crippen LogP contribution >= 0.6 is 11.3 Å². The van der Waals surface area contributed by atoms with E-state index in [1.54, 1.807) is 13.2 Å². The predicted molar refractivity (Wildman–Crippen MR) is 64.8 cm³/mol. The normalized spacial score (nSPS) is 10.4. The number of carbonyl (C=O) groups excluding carboxylic acids is 1. The fraction of sp³-hybridized carbons (Fsp3) is 0.333. The number of ether oxygens (including phenoxy) is 1. The van der Waals surface area contributed by atoms with Gasteiger partial charge in [0.15, 0.2) is 10.8 Å². The van der Waals surface area contributed by atoms with Crippen molar-refractivity contribution in [2.24, 2.45) is 0 Å². The molecule has 0 radical (unpaired) electrons. The molecular weight excluding hydrogens is 238 g/mol. The molecule has 2 aromatic rings. The van der Waals surface area contributed by atoms with Crippen molar-refractivity contribution in [2.45, 2.75) is 19.8 Å². The number of thiazole rings is 1. The van der Waals surface area contributed by atoms with Crippen LogP contribution in [0.5, 0.6) is 0 Å². The van der Waals surface area contributed by atoms with E-state index in [0.717, 1.165) is 16.5 Å². The predicted octanol–water partition coefficient (Wildman–Crippen LogP) is 2.90. The summed E-state index contributed by atoms with van der Waals surface area (Å²) in [5.41, 5.74) is 0.898. The molecule has 0 spiro atoms. The fourth-order valence-electron chi connectivity index (χ4n) is 1.40. The minimum atomic E-state index is -0.181. The average Bonchev–Trinajstić information content (AvgIpc) is 2.97. The van der Waals surface area contributed by atoms with Crippen LogP contribution < -0.4 is 0 Å². The molecule has 0 amide bonds. The van der Waals surface area contributed by atoms with E-state index in [1.165, 1.54) is 11.3 Å². The number of aryl methyl sites for hydroxylation is 1. The number of carbonyl (C=O) groups is 1. The van der Waals surface area contributed by atoms with Crippen LogP contribution in [0, 0.1) is 0 Å². The van der Waals surface area contributed by atoms with Crippen molar-refractivity contribution in [3.8, 4) is 10.8 Å². The van der Waals surface area contributed by atoms with E-state index in [9.17, 15) is 4.79 Å². The van der Waals surface area contributed by atoms with Crippen LogP contribution in [0.1, 0.15) is 19.0 Å². The quantitative estimate of drug-likeness (QED) is 0.767. The highest BCUT2D eigenvalue weighted by Gasteiger charge is 2.09. The van der Waals surface area contributed by atoms with Crippen molar-refractivity contribution in [3.05, 3.63) is 29.5 Å². The van der Waals surface area contributed by atoms with Crippen LogP contribution in [-0.2, 0) is 16.0 Å². The van der Waals surface area contributed by atoms with Crippen molar-refractivity contribution in [1.29, 1.82) is 0 Å². The van der Waals surface area contributed by atoms with Gasteiger partial charge in [0, 0.05) is 11.8 Å². The highest BCUT2D eigenvalue weighted by Crippen LogP contribution is 2.24. The number of aromatic nitrogens is 1. The first-order valence-corrected chi connectivity index (χ1v) is 6.31. The lowest BCUT2D eigenvalue weighted by Crippen LogP contribution is -2.05. The van der Waals surface area contributed by atoms with E-state index < -0.39 is 0 Å². The summed E-state index contributed by atoms with van der Waals surface area (Å²) in [5, 5.41) is 2.78. The summed E-state index contributed by atoms with van der Waals surface area (Å²) in [6.07, 6.45) is 2.60. The van der Waals surface area contributed by atoms with Gasteiger partial charge in [-0.2, -0.15) is 0 Å². The second-order valence-corrected chi connectivity index (χ2v) is 4.28. The zero-order valence-electron chi connectivity index (χ0n) is 9.51. The lowest BCUT2D eigenvalue weighted by atomic mass is 10.2. The van der Waals surface area contributed by atoms with Gasteiger partial charge >= 0.3 is 5.97 Å². The van der Waals surface area contributed by atoms with Gasteiger partial charge in [-0.25, -0.2) is 4.98 Å². The SMILES string of the molecule is CCOC(=O)CCc1csc(-c2ccco2)n1. The molecule has 17 heavy (non-hydrogen) atoms. The summed E-state index contributed by atoms with van der Waals surface area (Å²) in [6, 6.07) is 3.70. The maximum Gasteiger partial charge on any atom is 0.306 e. The van der Waals surface area contributed by atoms with Crippen LogP contribution in [0.25, 0.3) is 10.8 Å². The van der Waals surface area contributed by atoms with Crippen LogP contribution in [0.2, 0.25) is 0 Å². The molecule has 4 nitrogen and oxygen atoms in total. The zero-order valence-corrected chi connectivity index (χ0v) is 10.3. The van der Waals surface area contributed by atoms with Gasteiger partial charge in [-0.1, -0.05) is 0 Å². The highest BCUT2D eigenvalue weighted by molar-refractivity contribution is 7.13. The molecule has 0 saturated heterocycles. The highest BCUT2D eigenvalue weighted by atomic mass is 32.1. The van der Waals surface area contributed by atoms with Gasteiger partial charge in [0.2, 0.25) is 0 Å². The number of hydrogen-bond acceptors (Lipinski definition) is 5. The Morgan fingerprint density at radius 3 is 3.18 bits per heavy atom. The van der Waals surface area contributed by atoms with Gasteiger partial charge in [0.05, 0.1) is 25.0 Å². The molecule has 0 aromatic carbocycles. The molecule has 2 rings (SSSR count). The smallest absolute Gasteiger partial charge is 0.306 e. The molecule has 5 heteroatoms. The largest absolute Gasteiger partial charge is 0.466 e. The van der Waals surface area contributed by atoms with Crippen LogP contribution in [0.15, 0.2) is 28.2 Å². The first-order valence-electron chi connectivity index (χ1n) is 5.43. The average molecular weight is 251 g/mol. The van der Waals surface area contributed by atoms with Crippen molar-refractivity contribution in [2.75, 3.05) is 6.61 Å². The molecule has 0 unspecified atom stereocenters. The second-order valence-electron chi connectivity index (χ2n) is 3.43. The standard InChI is InChI=1S/C12H13NO3S/c1-2-15-11(14)6-5-9-8-17-12(13-9)10-4-3-7-16-10/h3-4,7-8H,2,5-6H2,1H3. The Labute approximate surface area is 103 Å². The zero-order chi connectivity index (χ0) is 12.1. The number of furan rings is 1. The molecule has 0 aliphatic carbocycles.